The van der Waals surface area contributed by atoms with Gasteiger partial charge in [-0.05, 0) is 0 Å². The van der Waals surface area contributed by atoms with Crippen LogP contribution >= 0.6 is 0 Å². The van der Waals surface area contributed by atoms with Crippen LogP contribution < -0.4 is 0 Å². The third kappa shape index (κ3) is 2.58. The van der Waals surface area contributed by atoms with E-state index in [4.69, 9.17) is 10.2 Å². The van der Waals surface area contributed by atoms with E-state index in [-0.39, 0.29) is 0 Å². The normalized spacial score (nSPS) is 32.3. The number of rotatable bonds is 2. The highest BCUT2D eigenvalue weighted by Crippen LogP contribution is 2.10. The molecule has 1 rings (SSSR count). The number of aliphatic carboxylic acids is 2. The van der Waals surface area contributed by atoms with Crippen molar-refractivity contribution in [3.8, 4) is 0 Å². The molecule has 2 unspecified atom stereocenters. The lowest BCUT2D eigenvalue weighted by Crippen LogP contribution is -2.12. The van der Waals surface area contributed by atoms with Crippen LogP contribution in [-0.2, 0) is 9.59 Å². The highest BCUT2D eigenvalue weighted by Gasteiger charge is 2.14. The molecule has 0 aromatic heterocycles. The first-order valence-corrected chi connectivity index (χ1v) is 4.10. The first-order chi connectivity index (χ1) is 6.61. The average molecular weight is 194 g/mol. The Bertz CT molecular complexity index is 293. The number of carbonyl (C=O) groups is 2. The third-order valence-corrected chi connectivity index (χ3v) is 1.84. The van der Waals surface area contributed by atoms with Gasteiger partial charge in [0, 0.05) is 0 Å². The van der Waals surface area contributed by atoms with Crippen molar-refractivity contribution in [2.24, 2.45) is 11.8 Å². The molecule has 4 nitrogen and oxygen atoms in total. The van der Waals surface area contributed by atoms with Crippen LogP contribution in [0.2, 0.25) is 0 Å². The van der Waals surface area contributed by atoms with E-state index in [1.807, 2.05) is 0 Å². The van der Waals surface area contributed by atoms with E-state index in [1.165, 1.54) is 36.5 Å². The number of allylic oxidation sites excluding steroid dienone is 2. The zero-order valence-corrected chi connectivity index (χ0v) is 7.33. The quantitative estimate of drug-likeness (QED) is 0.645. The Hall–Kier alpha value is -1.84. The van der Waals surface area contributed by atoms with Crippen LogP contribution in [0.15, 0.2) is 36.5 Å². The van der Waals surface area contributed by atoms with Crippen LogP contribution in [0, 0.1) is 11.8 Å². The number of hydrogen-bond acceptors (Lipinski definition) is 2. The lowest BCUT2D eigenvalue weighted by atomic mass is 10.0. The Morgan fingerprint density at radius 2 is 1.14 bits per heavy atom. The SMILES string of the molecule is O=C(O)C1/C=C\C=C/C(C(=O)O)/C=C\1. The highest BCUT2D eigenvalue weighted by molar-refractivity contribution is 5.77. The molecule has 2 atom stereocenters. The Labute approximate surface area is 80.9 Å². The van der Waals surface area contributed by atoms with Crippen molar-refractivity contribution in [2.75, 3.05) is 0 Å². The monoisotopic (exact) mass is 194 g/mol. The van der Waals surface area contributed by atoms with Crippen LogP contribution in [0.5, 0.6) is 0 Å². The second kappa shape index (κ2) is 4.41. The van der Waals surface area contributed by atoms with E-state index >= 15 is 0 Å². The van der Waals surface area contributed by atoms with Gasteiger partial charge in [0.25, 0.3) is 0 Å². The summed E-state index contributed by atoms with van der Waals surface area (Å²) >= 11 is 0. The van der Waals surface area contributed by atoms with Gasteiger partial charge in [-0.15, -0.1) is 0 Å². The average Bonchev–Trinajstić information content (AvgIpc) is 2.01. The molecule has 1 aliphatic rings. The van der Waals surface area contributed by atoms with Crippen LogP contribution in [-0.4, -0.2) is 22.2 Å². The molecule has 2 N–H and O–H groups in total. The summed E-state index contributed by atoms with van der Waals surface area (Å²) in [7, 11) is 0. The van der Waals surface area contributed by atoms with Crippen molar-refractivity contribution in [1.82, 2.24) is 0 Å². The molecule has 0 radical (unpaired) electrons. The zero-order chi connectivity index (χ0) is 10.6. The summed E-state index contributed by atoms with van der Waals surface area (Å²) in [4.78, 5) is 21.2. The zero-order valence-electron chi connectivity index (χ0n) is 7.33. The Morgan fingerprint density at radius 3 is 1.43 bits per heavy atom. The highest BCUT2D eigenvalue weighted by atomic mass is 16.4. The molecule has 0 aromatic carbocycles. The Balaban J connectivity index is 2.88. The summed E-state index contributed by atoms with van der Waals surface area (Å²) in [6.07, 6.45) is 8.82. The van der Waals surface area contributed by atoms with Crippen LogP contribution in [0.1, 0.15) is 0 Å². The summed E-state index contributed by atoms with van der Waals surface area (Å²) < 4.78 is 0. The van der Waals surface area contributed by atoms with E-state index < -0.39 is 23.8 Å². The maximum atomic E-state index is 10.6. The Morgan fingerprint density at radius 1 is 0.786 bits per heavy atom. The predicted octanol–water partition coefficient (Wildman–Crippen LogP) is 1.07. The lowest BCUT2D eigenvalue weighted by Gasteiger charge is -2.05. The first-order valence-electron chi connectivity index (χ1n) is 4.10. The minimum atomic E-state index is -0.989. The van der Waals surface area contributed by atoms with Gasteiger partial charge in [0.1, 0.15) is 0 Å². The number of hydrogen-bond donors (Lipinski definition) is 2. The molecule has 0 fully saturated rings. The maximum absolute atomic E-state index is 10.6. The summed E-state index contributed by atoms with van der Waals surface area (Å²) in [6.45, 7) is 0. The summed E-state index contributed by atoms with van der Waals surface area (Å²) in [5, 5.41) is 17.4. The van der Waals surface area contributed by atoms with E-state index in [9.17, 15) is 9.59 Å². The molecule has 0 heterocycles. The van der Waals surface area contributed by atoms with Gasteiger partial charge in [0.05, 0.1) is 11.8 Å². The van der Waals surface area contributed by atoms with E-state index in [1.54, 1.807) is 0 Å². The molecule has 14 heavy (non-hydrogen) atoms. The molecule has 0 saturated heterocycles. The van der Waals surface area contributed by atoms with E-state index in [2.05, 4.69) is 0 Å². The van der Waals surface area contributed by atoms with Gasteiger partial charge >= 0.3 is 11.9 Å². The topological polar surface area (TPSA) is 74.6 Å². The molecule has 0 amide bonds. The fourth-order valence-electron chi connectivity index (χ4n) is 1.06. The van der Waals surface area contributed by atoms with Crippen molar-refractivity contribution in [2.45, 2.75) is 0 Å². The number of carboxylic acids is 2. The smallest absolute Gasteiger partial charge is 0.314 e. The predicted molar refractivity (Wildman–Crippen MR) is 49.7 cm³/mol. The van der Waals surface area contributed by atoms with Gasteiger partial charge in [0.15, 0.2) is 0 Å². The molecule has 0 aromatic rings. The summed E-state index contributed by atoms with van der Waals surface area (Å²) in [5.41, 5.74) is 0. The lowest BCUT2D eigenvalue weighted by molar-refractivity contribution is -0.140. The van der Waals surface area contributed by atoms with Crippen molar-refractivity contribution in [3.05, 3.63) is 36.5 Å². The third-order valence-electron chi connectivity index (χ3n) is 1.84. The standard InChI is InChI=1S/C10H10O4/c11-9(12)7-3-1-2-4-8(6-5-7)10(13)14/h1-8H,(H,11,12)(H,13,14)/b3-1-,4-2-,6-5-. The molecule has 1 aliphatic carbocycles. The molecule has 0 bridgehead atoms. The first kappa shape index (κ1) is 10.2. The van der Waals surface area contributed by atoms with Crippen LogP contribution in [0.3, 0.4) is 0 Å². The van der Waals surface area contributed by atoms with Gasteiger partial charge in [-0.2, -0.15) is 0 Å². The van der Waals surface area contributed by atoms with Crippen LogP contribution in [0.25, 0.3) is 0 Å². The second-order valence-corrected chi connectivity index (χ2v) is 2.88. The minimum Gasteiger partial charge on any atom is -0.481 e. The van der Waals surface area contributed by atoms with Gasteiger partial charge < -0.3 is 10.2 Å². The minimum absolute atomic E-state index is 0.748. The molecule has 0 saturated carbocycles. The summed E-state index contributed by atoms with van der Waals surface area (Å²) in [5.74, 6) is -3.47. The number of carboxylic acid groups (broad SMARTS) is 2. The maximum Gasteiger partial charge on any atom is 0.314 e. The van der Waals surface area contributed by atoms with Gasteiger partial charge in [-0.3, -0.25) is 9.59 Å². The molecule has 74 valence electrons. The molecule has 4 heteroatoms. The van der Waals surface area contributed by atoms with Crippen molar-refractivity contribution in [1.29, 1.82) is 0 Å². The Kier molecular flexibility index (Phi) is 3.23. The molecule has 0 aliphatic heterocycles. The fourth-order valence-corrected chi connectivity index (χ4v) is 1.06. The van der Waals surface area contributed by atoms with Crippen molar-refractivity contribution in [3.63, 3.8) is 0 Å². The van der Waals surface area contributed by atoms with Crippen molar-refractivity contribution < 1.29 is 19.8 Å². The van der Waals surface area contributed by atoms with E-state index in [0.717, 1.165) is 0 Å². The largest absolute Gasteiger partial charge is 0.481 e. The van der Waals surface area contributed by atoms with E-state index in [0.29, 0.717) is 0 Å². The van der Waals surface area contributed by atoms with Gasteiger partial charge in [0.2, 0.25) is 0 Å². The molecular weight excluding hydrogens is 184 g/mol. The fraction of sp³-hybridized carbons (Fsp3) is 0.200. The van der Waals surface area contributed by atoms with Crippen molar-refractivity contribution >= 4 is 11.9 Å². The van der Waals surface area contributed by atoms with Gasteiger partial charge in [-0.25, -0.2) is 0 Å². The second-order valence-electron chi connectivity index (χ2n) is 2.88. The summed E-state index contributed by atoms with van der Waals surface area (Å²) in [6, 6.07) is 0. The molecular formula is C10H10O4. The van der Waals surface area contributed by atoms with Crippen LogP contribution in [0.4, 0.5) is 0 Å². The van der Waals surface area contributed by atoms with Gasteiger partial charge in [-0.1, -0.05) is 36.5 Å². The molecule has 0 spiro atoms.